The molecule has 31 heavy (non-hydrogen) atoms. The second-order valence-electron chi connectivity index (χ2n) is 9.56. The van der Waals surface area contributed by atoms with Gasteiger partial charge in [0.05, 0.1) is 25.6 Å². The van der Waals surface area contributed by atoms with Gasteiger partial charge in [0.1, 0.15) is 11.5 Å². The van der Waals surface area contributed by atoms with Gasteiger partial charge in [-0.05, 0) is 52.1 Å². The zero-order chi connectivity index (χ0) is 22.7. The van der Waals surface area contributed by atoms with Gasteiger partial charge in [0.15, 0.2) is 0 Å². The Morgan fingerprint density at radius 3 is 2.10 bits per heavy atom. The molecule has 178 valence electrons. The van der Waals surface area contributed by atoms with E-state index in [1.165, 1.54) is 44.9 Å². The van der Waals surface area contributed by atoms with Crippen molar-refractivity contribution in [1.29, 1.82) is 0 Å². The molecular weight excluding hydrogens is 388 g/mol. The van der Waals surface area contributed by atoms with E-state index in [4.69, 9.17) is 9.47 Å². The molecular formula is C26H46N2O3. The number of rotatable bonds is 15. The van der Waals surface area contributed by atoms with Crippen molar-refractivity contribution in [3.8, 4) is 0 Å². The van der Waals surface area contributed by atoms with Crippen LogP contribution in [0.2, 0.25) is 0 Å². The Balaban J connectivity index is 1.93. The molecule has 1 fully saturated rings. The quantitative estimate of drug-likeness (QED) is 0.325. The summed E-state index contributed by atoms with van der Waals surface area (Å²) in [6.45, 7) is 4.87. The predicted octanol–water partition coefficient (Wildman–Crippen LogP) is 5.38. The van der Waals surface area contributed by atoms with Gasteiger partial charge in [-0.1, -0.05) is 58.3 Å². The van der Waals surface area contributed by atoms with Crippen LogP contribution in [0.5, 0.6) is 0 Å². The number of carbonyl (C=O) groups is 1. The van der Waals surface area contributed by atoms with Crippen LogP contribution < -0.4 is 0 Å². The largest absolute Gasteiger partial charge is 0.501 e. The third-order valence-electron chi connectivity index (χ3n) is 6.82. The van der Waals surface area contributed by atoms with Gasteiger partial charge >= 0.3 is 0 Å². The van der Waals surface area contributed by atoms with Crippen LogP contribution in [-0.2, 0) is 14.3 Å². The summed E-state index contributed by atoms with van der Waals surface area (Å²) in [5.74, 6) is 2.15. The SMILES string of the molecule is CCCCCCCCCCC1C(OC)=CC2(C=C1OC)CCN(CCCN(C)C)C2=O. The molecule has 1 heterocycles. The van der Waals surface area contributed by atoms with Crippen LogP contribution in [-0.4, -0.2) is 63.7 Å². The average molecular weight is 435 g/mol. The topological polar surface area (TPSA) is 42.0 Å². The zero-order valence-electron chi connectivity index (χ0n) is 20.8. The number of ether oxygens (including phenoxy) is 2. The molecule has 2 aliphatic rings. The highest BCUT2D eigenvalue weighted by molar-refractivity contribution is 5.89. The van der Waals surface area contributed by atoms with E-state index >= 15 is 0 Å². The molecule has 1 amide bonds. The van der Waals surface area contributed by atoms with Gasteiger partial charge in [0, 0.05) is 13.1 Å². The Kier molecular flexibility index (Phi) is 10.9. The normalized spacial score (nSPS) is 23.5. The molecule has 0 atom stereocenters. The van der Waals surface area contributed by atoms with Crippen LogP contribution >= 0.6 is 0 Å². The summed E-state index contributed by atoms with van der Waals surface area (Å²) in [5, 5.41) is 0. The number of hydrogen-bond donors (Lipinski definition) is 0. The molecule has 0 bridgehead atoms. The van der Waals surface area contributed by atoms with E-state index < -0.39 is 5.41 Å². The lowest BCUT2D eigenvalue weighted by molar-refractivity contribution is -0.132. The van der Waals surface area contributed by atoms with Crippen molar-refractivity contribution in [3.63, 3.8) is 0 Å². The Labute approximate surface area is 190 Å². The van der Waals surface area contributed by atoms with E-state index in [9.17, 15) is 4.79 Å². The Morgan fingerprint density at radius 2 is 1.55 bits per heavy atom. The van der Waals surface area contributed by atoms with Gasteiger partial charge in [-0.3, -0.25) is 4.79 Å². The molecule has 0 unspecified atom stereocenters. The molecule has 0 saturated carbocycles. The van der Waals surface area contributed by atoms with Crippen molar-refractivity contribution in [3.05, 3.63) is 23.7 Å². The lowest BCUT2D eigenvalue weighted by atomic mass is 9.77. The molecule has 0 N–H and O–H groups in total. The summed E-state index contributed by atoms with van der Waals surface area (Å²) in [6.07, 6.45) is 17.5. The molecule has 0 aromatic heterocycles. The van der Waals surface area contributed by atoms with Crippen LogP contribution in [0.1, 0.15) is 77.6 Å². The molecule has 1 aliphatic heterocycles. The first-order chi connectivity index (χ1) is 15.0. The Morgan fingerprint density at radius 1 is 0.968 bits per heavy atom. The summed E-state index contributed by atoms with van der Waals surface area (Å²) in [7, 11) is 7.60. The van der Waals surface area contributed by atoms with Crippen LogP contribution in [0.4, 0.5) is 0 Å². The van der Waals surface area contributed by atoms with Crippen LogP contribution in [0.3, 0.4) is 0 Å². The van der Waals surface area contributed by atoms with E-state index in [2.05, 4.69) is 38.1 Å². The average Bonchev–Trinajstić information content (AvgIpc) is 3.05. The molecule has 0 aromatic rings. The Bertz CT molecular complexity index is 590. The maximum absolute atomic E-state index is 13.3. The van der Waals surface area contributed by atoms with E-state index in [-0.39, 0.29) is 11.8 Å². The minimum absolute atomic E-state index is 0.135. The highest BCUT2D eigenvalue weighted by Crippen LogP contribution is 2.45. The molecule has 1 aliphatic carbocycles. The van der Waals surface area contributed by atoms with Gasteiger partial charge in [-0.15, -0.1) is 0 Å². The molecule has 1 saturated heterocycles. The van der Waals surface area contributed by atoms with E-state index in [0.29, 0.717) is 0 Å². The minimum Gasteiger partial charge on any atom is -0.501 e. The zero-order valence-corrected chi connectivity index (χ0v) is 20.8. The van der Waals surface area contributed by atoms with E-state index in [0.717, 1.165) is 56.8 Å². The first-order valence-corrected chi connectivity index (χ1v) is 12.4. The highest BCUT2D eigenvalue weighted by Gasteiger charge is 2.47. The van der Waals surface area contributed by atoms with Gasteiger partial charge < -0.3 is 19.3 Å². The van der Waals surface area contributed by atoms with Crippen molar-refractivity contribution >= 4 is 5.91 Å². The van der Waals surface area contributed by atoms with Crippen LogP contribution in [0, 0.1) is 11.3 Å². The van der Waals surface area contributed by atoms with Gasteiger partial charge in [0.25, 0.3) is 0 Å². The second-order valence-corrected chi connectivity index (χ2v) is 9.56. The van der Waals surface area contributed by atoms with Crippen molar-refractivity contribution in [1.82, 2.24) is 9.80 Å². The number of unbranched alkanes of at least 4 members (excludes halogenated alkanes) is 7. The first-order valence-electron chi connectivity index (χ1n) is 12.4. The van der Waals surface area contributed by atoms with Crippen molar-refractivity contribution < 1.29 is 14.3 Å². The van der Waals surface area contributed by atoms with Gasteiger partial charge in [-0.2, -0.15) is 0 Å². The molecule has 0 aromatic carbocycles. The summed E-state index contributed by atoms with van der Waals surface area (Å²) >= 11 is 0. The number of amides is 1. The number of carbonyl (C=O) groups excluding carboxylic acids is 1. The molecule has 2 rings (SSSR count). The number of nitrogens with zero attached hydrogens (tertiary/aromatic N) is 2. The van der Waals surface area contributed by atoms with E-state index in [1.807, 2.05) is 4.90 Å². The highest BCUT2D eigenvalue weighted by atomic mass is 16.5. The fourth-order valence-electron chi connectivity index (χ4n) is 4.94. The van der Waals surface area contributed by atoms with Gasteiger partial charge in [-0.25, -0.2) is 0 Å². The summed E-state index contributed by atoms with van der Waals surface area (Å²) < 4.78 is 11.6. The van der Waals surface area contributed by atoms with Gasteiger partial charge in [0.2, 0.25) is 5.91 Å². The maximum Gasteiger partial charge on any atom is 0.236 e. The molecule has 5 nitrogen and oxygen atoms in total. The van der Waals surface area contributed by atoms with Crippen molar-refractivity contribution in [2.24, 2.45) is 11.3 Å². The predicted molar refractivity (Wildman–Crippen MR) is 128 cm³/mol. The molecule has 5 heteroatoms. The summed E-state index contributed by atoms with van der Waals surface area (Å²) in [4.78, 5) is 17.5. The van der Waals surface area contributed by atoms with Crippen LogP contribution in [0.15, 0.2) is 23.7 Å². The molecule has 0 radical (unpaired) electrons. The monoisotopic (exact) mass is 434 g/mol. The first kappa shape index (κ1) is 25.8. The van der Waals surface area contributed by atoms with Crippen molar-refractivity contribution in [2.45, 2.75) is 77.6 Å². The van der Waals surface area contributed by atoms with Crippen molar-refractivity contribution in [2.75, 3.05) is 47.9 Å². The standard InChI is InChI=1S/C26H46N2O3/c1-6-7-8-9-10-11-12-13-15-22-23(30-4)20-26(21-24(22)31-5)16-19-28(25(26)29)18-14-17-27(2)3/h20-22H,6-19H2,1-5H3. The van der Waals surface area contributed by atoms with E-state index in [1.54, 1.807) is 14.2 Å². The minimum atomic E-state index is -0.593. The lowest BCUT2D eigenvalue weighted by Crippen LogP contribution is -2.36. The fourth-order valence-corrected chi connectivity index (χ4v) is 4.94. The smallest absolute Gasteiger partial charge is 0.236 e. The third-order valence-corrected chi connectivity index (χ3v) is 6.82. The van der Waals surface area contributed by atoms with Crippen LogP contribution in [0.25, 0.3) is 0 Å². The number of methoxy groups -OCH3 is 2. The lowest BCUT2D eigenvalue weighted by Gasteiger charge is -2.32. The number of hydrogen-bond acceptors (Lipinski definition) is 4. The summed E-state index contributed by atoms with van der Waals surface area (Å²) in [5.41, 5.74) is -0.593. The fraction of sp³-hybridized carbons (Fsp3) is 0.808. The maximum atomic E-state index is 13.3. The Hall–Kier alpha value is -1.49. The third kappa shape index (κ3) is 7.27. The second kappa shape index (κ2) is 13.1. The number of likely N-dealkylation sites (tertiary alicyclic amines) is 1. The summed E-state index contributed by atoms with van der Waals surface area (Å²) in [6, 6.07) is 0. The molecule has 1 spiro atoms.